The van der Waals surface area contributed by atoms with Crippen molar-refractivity contribution < 1.29 is 9.13 Å². The van der Waals surface area contributed by atoms with Crippen LogP contribution in [-0.2, 0) is 6.42 Å². The van der Waals surface area contributed by atoms with E-state index in [9.17, 15) is 4.39 Å². The number of halogens is 1. The fourth-order valence-corrected chi connectivity index (χ4v) is 1.61. The van der Waals surface area contributed by atoms with Crippen molar-refractivity contribution >= 4 is 0 Å². The molecule has 90 valence electrons. The molecule has 0 unspecified atom stereocenters. The van der Waals surface area contributed by atoms with E-state index >= 15 is 0 Å². The molecule has 0 amide bonds. The van der Waals surface area contributed by atoms with Gasteiger partial charge in [-0.2, -0.15) is 0 Å². The van der Waals surface area contributed by atoms with Crippen LogP contribution >= 0.6 is 0 Å². The third-order valence-electron chi connectivity index (χ3n) is 2.47. The summed E-state index contributed by atoms with van der Waals surface area (Å²) in [5.74, 6) is 0.647. The van der Waals surface area contributed by atoms with Crippen LogP contribution < -0.4 is 10.5 Å². The zero-order chi connectivity index (χ0) is 12.3. The summed E-state index contributed by atoms with van der Waals surface area (Å²) in [6.45, 7) is 0.532. The van der Waals surface area contributed by atoms with Gasteiger partial charge in [0.25, 0.3) is 0 Å². The minimum absolute atomic E-state index is 0.232. The second-order valence-corrected chi connectivity index (χ2v) is 3.63. The highest BCUT2D eigenvalue weighted by Gasteiger charge is 2.07. The normalized spacial score (nSPS) is 10.5. The maximum Gasteiger partial charge on any atom is 0.165 e. The summed E-state index contributed by atoms with van der Waals surface area (Å²) in [6, 6.07) is 4.79. The average Bonchev–Trinajstić information content (AvgIpc) is 2.78. The van der Waals surface area contributed by atoms with Crippen LogP contribution in [0, 0.1) is 5.82 Å². The first kappa shape index (κ1) is 11.6. The average molecular weight is 235 g/mol. The van der Waals surface area contributed by atoms with Gasteiger partial charge < -0.3 is 15.5 Å². The lowest BCUT2D eigenvalue weighted by atomic mass is 10.1. The maximum absolute atomic E-state index is 13.5. The lowest BCUT2D eigenvalue weighted by Crippen LogP contribution is -2.03. The van der Waals surface area contributed by atoms with Crippen LogP contribution in [0.4, 0.5) is 4.39 Å². The Morgan fingerprint density at radius 2 is 2.29 bits per heavy atom. The van der Waals surface area contributed by atoms with E-state index in [1.165, 1.54) is 13.2 Å². The maximum atomic E-state index is 13.5. The predicted octanol–water partition coefficient (Wildman–Crippen LogP) is 1.73. The van der Waals surface area contributed by atoms with Crippen LogP contribution in [0.25, 0.3) is 11.3 Å². The molecule has 4 nitrogen and oxygen atoms in total. The van der Waals surface area contributed by atoms with Crippen LogP contribution in [0.1, 0.15) is 5.82 Å². The van der Waals surface area contributed by atoms with Crippen molar-refractivity contribution in [1.82, 2.24) is 9.97 Å². The molecule has 1 heterocycles. The van der Waals surface area contributed by atoms with Crippen LogP contribution in [0.15, 0.2) is 24.4 Å². The van der Waals surface area contributed by atoms with Gasteiger partial charge in [0.1, 0.15) is 5.82 Å². The van der Waals surface area contributed by atoms with Gasteiger partial charge in [0.05, 0.1) is 19.0 Å². The van der Waals surface area contributed by atoms with Crippen molar-refractivity contribution in [3.05, 3.63) is 36.0 Å². The summed E-state index contributed by atoms with van der Waals surface area (Å²) >= 11 is 0. The monoisotopic (exact) mass is 235 g/mol. The highest BCUT2D eigenvalue weighted by atomic mass is 19.1. The summed E-state index contributed by atoms with van der Waals surface area (Å²) < 4.78 is 18.4. The number of nitrogens with zero attached hydrogens (tertiary/aromatic N) is 1. The number of hydrogen-bond acceptors (Lipinski definition) is 3. The summed E-state index contributed by atoms with van der Waals surface area (Å²) in [6.07, 6.45) is 2.35. The van der Waals surface area contributed by atoms with Crippen LogP contribution in [0.2, 0.25) is 0 Å². The van der Waals surface area contributed by atoms with Crippen molar-refractivity contribution in [2.24, 2.45) is 5.73 Å². The van der Waals surface area contributed by atoms with E-state index in [-0.39, 0.29) is 11.6 Å². The number of benzene rings is 1. The van der Waals surface area contributed by atoms with Gasteiger partial charge in [-0.3, -0.25) is 0 Å². The number of aromatic nitrogens is 2. The molecule has 0 atom stereocenters. The molecule has 0 aliphatic rings. The van der Waals surface area contributed by atoms with E-state index in [1.54, 1.807) is 18.3 Å². The van der Waals surface area contributed by atoms with Gasteiger partial charge in [0.15, 0.2) is 11.6 Å². The third kappa shape index (κ3) is 2.45. The van der Waals surface area contributed by atoms with Crippen molar-refractivity contribution in [3.63, 3.8) is 0 Å². The number of methoxy groups -OCH3 is 1. The fourth-order valence-electron chi connectivity index (χ4n) is 1.61. The van der Waals surface area contributed by atoms with Crippen LogP contribution in [0.3, 0.4) is 0 Å². The van der Waals surface area contributed by atoms with Gasteiger partial charge >= 0.3 is 0 Å². The first-order chi connectivity index (χ1) is 8.24. The lowest BCUT2D eigenvalue weighted by molar-refractivity contribution is 0.386. The van der Waals surface area contributed by atoms with E-state index in [1.807, 2.05) is 0 Å². The Hall–Kier alpha value is -1.88. The smallest absolute Gasteiger partial charge is 0.165 e. The molecular weight excluding hydrogens is 221 g/mol. The molecule has 3 N–H and O–H groups in total. The van der Waals surface area contributed by atoms with Crippen molar-refractivity contribution in [1.29, 1.82) is 0 Å². The van der Waals surface area contributed by atoms with Gasteiger partial charge in [0.2, 0.25) is 0 Å². The molecule has 0 saturated heterocycles. The topological polar surface area (TPSA) is 63.9 Å². The Balaban J connectivity index is 2.29. The molecule has 1 aromatic heterocycles. The number of nitrogens with one attached hydrogen (secondary N) is 1. The third-order valence-corrected chi connectivity index (χ3v) is 2.47. The summed E-state index contributed by atoms with van der Waals surface area (Å²) in [7, 11) is 1.44. The Morgan fingerprint density at radius 3 is 2.94 bits per heavy atom. The first-order valence-electron chi connectivity index (χ1n) is 5.32. The predicted molar refractivity (Wildman–Crippen MR) is 63.3 cm³/mol. The molecule has 5 heteroatoms. The molecule has 0 radical (unpaired) electrons. The second kappa shape index (κ2) is 4.97. The van der Waals surface area contributed by atoms with Gasteiger partial charge in [-0.25, -0.2) is 9.37 Å². The molecule has 0 spiro atoms. The molecule has 0 fully saturated rings. The first-order valence-corrected chi connectivity index (χ1v) is 5.32. The van der Waals surface area contributed by atoms with Gasteiger partial charge in [-0.15, -0.1) is 0 Å². The molecule has 2 rings (SSSR count). The van der Waals surface area contributed by atoms with E-state index in [4.69, 9.17) is 10.5 Å². The number of imidazole rings is 1. The number of rotatable bonds is 4. The van der Waals surface area contributed by atoms with E-state index in [0.717, 1.165) is 17.1 Å². The quantitative estimate of drug-likeness (QED) is 0.848. The highest BCUT2D eigenvalue weighted by molar-refractivity contribution is 5.59. The second-order valence-electron chi connectivity index (χ2n) is 3.63. The van der Waals surface area contributed by atoms with Gasteiger partial charge in [-0.1, -0.05) is 0 Å². The Kier molecular flexibility index (Phi) is 3.39. The van der Waals surface area contributed by atoms with Crippen LogP contribution in [-0.4, -0.2) is 23.6 Å². The number of nitrogens with two attached hydrogens (primary N) is 1. The minimum atomic E-state index is -0.389. The largest absolute Gasteiger partial charge is 0.494 e. The molecule has 0 aliphatic carbocycles. The van der Waals surface area contributed by atoms with Gasteiger partial charge in [0, 0.05) is 12.0 Å². The van der Waals surface area contributed by atoms with Crippen molar-refractivity contribution in [2.45, 2.75) is 6.42 Å². The van der Waals surface area contributed by atoms with Crippen molar-refractivity contribution in [3.8, 4) is 17.0 Å². The molecule has 17 heavy (non-hydrogen) atoms. The van der Waals surface area contributed by atoms with Crippen molar-refractivity contribution in [2.75, 3.05) is 13.7 Å². The Bertz CT molecular complexity index is 510. The zero-order valence-corrected chi connectivity index (χ0v) is 9.53. The van der Waals surface area contributed by atoms with E-state index < -0.39 is 0 Å². The number of ether oxygens (including phenoxy) is 1. The fraction of sp³-hybridized carbons (Fsp3) is 0.250. The number of hydrogen-bond donors (Lipinski definition) is 2. The summed E-state index contributed by atoms with van der Waals surface area (Å²) in [5.41, 5.74) is 6.94. The molecule has 0 bridgehead atoms. The number of aromatic amines is 1. The highest BCUT2D eigenvalue weighted by Crippen LogP contribution is 2.24. The zero-order valence-electron chi connectivity index (χ0n) is 9.53. The minimum Gasteiger partial charge on any atom is -0.494 e. The Morgan fingerprint density at radius 1 is 1.47 bits per heavy atom. The van der Waals surface area contributed by atoms with Crippen LogP contribution in [0.5, 0.6) is 5.75 Å². The van der Waals surface area contributed by atoms with E-state index in [2.05, 4.69) is 9.97 Å². The summed E-state index contributed by atoms with van der Waals surface area (Å²) in [4.78, 5) is 7.26. The molecule has 0 saturated carbocycles. The number of H-pyrrole nitrogens is 1. The molecule has 1 aromatic carbocycles. The van der Waals surface area contributed by atoms with E-state index in [0.29, 0.717) is 13.0 Å². The lowest BCUT2D eigenvalue weighted by Gasteiger charge is -2.03. The SMILES string of the molecule is COc1ccc(-c2cnc(CCN)[nH]2)cc1F. The summed E-state index contributed by atoms with van der Waals surface area (Å²) in [5, 5.41) is 0. The van der Waals surface area contributed by atoms with Gasteiger partial charge in [-0.05, 0) is 24.7 Å². The molecule has 0 aliphatic heterocycles. The standard InChI is InChI=1S/C12H14FN3O/c1-17-11-3-2-8(6-9(11)13)10-7-15-12(16-10)4-5-14/h2-3,6-7H,4-5,14H2,1H3,(H,15,16). The Labute approximate surface area is 98.6 Å². The molecule has 2 aromatic rings. The molecular formula is C12H14FN3O.